The summed E-state index contributed by atoms with van der Waals surface area (Å²) >= 11 is 5.38. The summed E-state index contributed by atoms with van der Waals surface area (Å²) in [5.74, 6) is -0.413. The molecule has 0 aliphatic heterocycles. The minimum atomic E-state index is -0.685. The number of aromatic nitrogens is 2. The highest BCUT2D eigenvalue weighted by Gasteiger charge is 2.12. The van der Waals surface area contributed by atoms with Gasteiger partial charge in [-0.2, -0.15) is 0 Å². The highest BCUT2D eigenvalue weighted by Crippen LogP contribution is 2.17. The minimum absolute atomic E-state index is 0.000000000000000222. The molecule has 10 heavy (non-hydrogen) atoms. The van der Waals surface area contributed by atoms with Crippen LogP contribution in [0.1, 0.15) is 0 Å². The van der Waals surface area contributed by atoms with Gasteiger partial charge < -0.3 is 10.1 Å². The van der Waals surface area contributed by atoms with Gasteiger partial charge in [0.15, 0.2) is 0 Å². The Balaban J connectivity index is 3.15. The van der Waals surface area contributed by atoms with E-state index in [1.165, 1.54) is 12.3 Å². The van der Waals surface area contributed by atoms with Crippen molar-refractivity contribution in [2.24, 2.45) is 0 Å². The summed E-state index contributed by atoms with van der Waals surface area (Å²) in [6, 6.07) is 1.31. The number of rotatable bonds is 1. The van der Waals surface area contributed by atoms with Gasteiger partial charge in [-0.15, -0.1) is 0 Å². The lowest BCUT2D eigenvalue weighted by molar-refractivity contribution is -0.390. The van der Waals surface area contributed by atoms with Crippen LogP contribution < -0.4 is 0 Å². The molecule has 0 saturated carbocycles. The standard InChI is InChI=1S/C4H2ClN3O2/c5-3-1-2-6-7-4(3)8(9)10/h1-2H. The van der Waals surface area contributed by atoms with Gasteiger partial charge in [0.05, 0.1) is 11.3 Å². The van der Waals surface area contributed by atoms with Crippen molar-refractivity contribution >= 4 is 17.4 Å². The van der Waals surface area contributed by atoms with E-state index in [2.05, 4.69) is 10.2 Å². The molecule has 0 radical (unpaired) electrons. The van der Waals surface area contributed by atoms with Crippen molar-refractivity contribution in [3.8, 4) is 0 Å². The molecule has 0 spiro atoms. The van der Waals surface area contributed by atoms with Crippen LogP contribution in [0.5, 0.6) is 0 Å². The van der Waals surface area contributed by atoms with Gasteiger partial charge in [0, 0.05) is 0 Å². The first kappa shape index (κ1) is 6.88. The van der Waals surface area contributed by atoms with E-state index in [-0.39, 0.29) is 5.02 Å². The summed E-state index contributed by atoms with van der Waals surface area (Å²) in [4.78, 5) is 9.36. The lowest BCUT2D eigenvalue weighted by atomic mass is 10.5. The van der Waals surface area contributed by atoms with Crippen molar-refractivity contribution in [3.63, 3.8) is 0 Å². The SMILES string of the molecule is O=[N+]([O-])c1nnccc1Cl. The molecular formula is C4H2ClN3O2. The smallest absolute Gasteiger partial charge is 0.358 e. The maximum absolute atomic E-state index is 10.0. The molecule has 0 saturated heterocycles. The Morgan fingerprint density at radius 3 is 2.80 bits per heavy atom. The predicted molar refractivity (Wildman–Crippen MR) is 33.7 cm³/mol. The summed E-state index contributed by atoms with van der Waals surface area (Å²) in [6.45, 7) is 0. The van der Waals surface area contributed by atoms with E-state index in [1.54, 1.807) is 0 Å². The van der Waals surface area contributed by atoms with E-state index in [1.807, 2.05) is 0 Å². The minimum Gasteiger partial charge on any atom is -0.358 e. The van der Waals surface area contributed by atoms with Crippen molar-refractivity contribution in [2.75, 3.05) is 0 Å². The summed E-state index contributed by atoms with van der Waals surface area (Å²) in [5, 5.41) is 16.5. The molecule has 52 valence electrons. The molecule has 1 rings (SSSR count). The zero-order valence-corrected chi connectivity index (χ0v) is 5.45. The van der Waals surface area contributed by atoms with Crippen LogP contribution in [-0.2, 0) is 0 Å². The van der Waals surface area contributed by atoms with Crippen LogP contribution in [0.3, 0.4) is 0 Å². The van der Waals surface area contributed by atoms with Gasteiger partial charge in [-0.3, -0.25) is 0 Å². The maximum Gasteiger partial charge on any atom is 0.409 e. The van der Waals surface area contributed by atoms with Crippen molar-refractivity contribution in [3.05, 3.63) is 27.4 Å². The van der Waals surface area contributed by atoms with Crippen LogP contribution in [-0.4, -0.2) is 15.1 Å². The molecule has 0 N–H and O–H groups in total. The second-order valence-corrected chi connectivity index (χ2v) is 1.87. The molecule has 0 aliphatic carbocycles. The summed E-state index contributed by atoms with van der Waals surface area (Å²) < 4.78 is 0. The predicted octanol–water partition coefficient (Wildman–Crippen LogP) is 1.04. The van der Waals surface area contributed by atoms with Crippen LogP contribution >= 0.6 is 11.6 Å². The average Bonchev–Trinajstić information content (AvgIpc) is 1.88. The van der Waals surface area contributed by atoms with Gasteiger partial charge >= 0.3 is 5.82 Å². The Morgan fingerprint density at radius 2 is 2.40 bits per heavy atom. The molecule has 0 unspecified atom stereocenters. The monoisotopic (exact) mass is 159 g/mol. The van der Waals surface area contributed by atoms with Gasteiger partial charge in [0.2, 0.25) is 0 Å². The van der Waals surface area contributed by atoms with E-state index >= 15 is 0 Å². The van der Waals surface area contributed by atoms with Crippen LogP contribution in [0.2, 0.25) is 5.02 Å². The molecule has 0 bridgehead atoms. The fourth-order valence-electron chi connectivity index (χ4n) is 0.433. The van der Waals surface area contributed by atoms with Crippen molar-refractivity contribution < 1.29 is 4.92 Å². The van der Waals surface area contributed by atoms with Crippen LogP contribution in [0.4, 0.5) is 5.82 Å². The highest BCUT2D eigenvalue weighted by atomic mass is 35.5. The largest absolute Gasteiger partial charge is 0.409 e. The Labute approximate surface area is 60.8 Å². The summed E-state index contributed by atoms with van der Waals surface area (Å²) in [5.41, 5.74) is 0. The van der Waals surface area contributed by atoms with Crippen molar-refractivity contribution in [2.45, 2.75) is 0 Å². The first-order valence-electron chi connectivity index (χ1n) is 2.33. The van der Waals surface area contributed by atoms with E-state index in [9.17, 15) is 10.1 Å². The Bertz CT molecular complexity index is 264. The van der Waals surface area contributed by atoms with Crippen molar-refractivity contribution in [1.29, 1.82) is 0 Å². The number of hydrogen-bond acceptors (Lipinski definition) is 4. The zero-order chi connectivity index (χ0) is 7.56. The molecular weight excluding hydrogens is 158 g/mol. The molecule has 1 heterocycles. The number of nitrogens with zero attached hydrogens (tertiary/aromatic N) is 3. The number of halogens is 1. The van der Waals surface area contributed by atoms with E-state index < -0.39 is 10.7 Å². The first-order valence-corrected chi connectivity index (χ1v) is 2.71. The van der Waals surface area contributed by atoms with Gasteiger partial charge in [0.25, 0.3) is 0 Å². The second kappa shape index (κ2) is 2.57. The number of nitro groups is 1. The average molecular weight is 160 g/mol. The quantitative estimate of drug-likeness (QED) is 0.454. The third-order valence-corrected chi connectivity index (χ3v) is 1.12. The normalized spacial score (nSPS) is 9.30. The molecule has 1 aromatic rings. The fraction of sp³-hybridized carbons (Fsp3) is 0. The molecule has 1 aromatic heterocycles. The Morgan fingerprint density at radius 1 is 1.70 bits per heavy atom. The van der Waals surface area contributed by atoms with E-state index in [0.717, 1.165) is 0 Å². The van der Waals surface area contributed by atoms with E-state index in [4.69, 9.17) is 11.6 Å². The van der Waals surface area contributed by atoms with Crippen LogP contribution in [0, 0.1) is 10.1 Å². The van der Waals surface area contributed by atoms with Gasteiger partial charge in [-0.1, -0.05) is 11.6 Å². The van der Waals surface area contributed by atoms with Crippen LogP contribution in [0.15, 0.2) is 12.3 Å². The second-order valence-electron chi connectivity index (χ2n) is 1.46. The topological polar surface area (TPSA) is 68.9 Å². The van der Waals surface area contributed by atoms with Gasteiger partial charge in [-0.05, 0) is 16.1 Å². The Kier molecular flexibility index (Phi) is 1.77. The molecule has 0 aliphatic rings. The summed E-state index contributed by atoms with van der Waals surface area (Å²) in [7, 11) is 0. The third kappa shape index (κ3) is 1.19. The fourth-order valence-corrected chi connectivity index (χ4v) is 0.596. The lowest BCUT2D eigenvalue weighted by Gasteiger charge is -1.89. The van der Waals surface area contributed by atoms with Crippen LogP contribution in [0.25, 0.3) is 0 Å². The van der Waals surface area contributed by atoms with Crippen molar-refractivity contribution in [1.82, 2.24) is 10.2 Å². The molecule has 0 amide bonds. The summed E-state index contributed by atoms with van der Waals surface area (Å²) in [6.07, 6.45) is 1.29. The molecule has 5 nitrogen and oxygen atoms in total. The van der Waals surface area contributed by atoms with Gasteiger partial charge in [-0.25, -0.2) is 0 Å². The molecule has 0 atom stereocenters. The lowest BCUT2D eigenvalue weighted by Crippen LogP contribution is -1.93. The van der Waals surface area contributed by atoms with Gasteiger partial charge in [0.1, 0.15) is 5.02 Å². The molecule has 0 fully saturated rings. The zero-order valence-electron chi connectivity index (χ0n) is 4.69. The molecule has 6 heteroatoms. The third-order valence-electron chi connectivity index (χ3n) is 0.827. The highest BCUT2D eigenvalue weighted by molar-refractivity contribution is 6.32. The maximum atomic E-state index is 10.0. The number of hydrogen-bond donors (Lipinski definition) is 0. The molecule has 0 aromatic carbocycles. The Hall–Kier alpha value is -1.23. The van der Waals surface area contributed by atoms with E-state index in [0.29, 0.717) is 0 Å². The first-order chi connectivity index (χ1) is 4.72.